The van der Waals surface area contributed by atoms with E-state index in [1.807, 2.05) is 6.92 Å². The highest BCUT2D eigenvalue weighted by Gasteiger charge is 2.19. The van der Waals surface area contributed by atoms with Gasteiger partial charge in [0.1, 0.15) is 6.33 Å². The van der Waals surface area contributed by atoms with E-state index >= 15 is 0 Å². The van der Waals surface area contributed by atoms with E-state index < -0.39 is 11.7 Å². The summed E-state index contributed by atoms with van der Waals surface area (Å²) in [6.45, 7) is 2.02. The summed E-state index contributed by atoms with van der Waals surface area (Å²) in [6.07, 6.45) is 4.46. The average molecular weight is 285 g/mol. The van der Waals surface area contributed by atoms with Gasteiger partial charge in [-0.1, -0.05) is 13.3 Å². The second-order valence-corrected chi connectivity index (χ2v) is 4.32. The molecule has 0 aromatic carbocycles. The summed E-state index contributed by atoms with van der Waals surface area (Å²) in [7, 11) is 0. The number of nitrogens with one attached hydrogen (secondary N) is 1. The van der Waals surface area contributed by atoms with Crippen molar-refractivity contribution in [3.8, 4) is 0 Å². The number of unbranched alkanes of at least 4 members (excludes halogenated alkanes) is 1. The summed E-state index contributed by atoms with van der Waals surface area (Å²) < 4.78 is 6.58. The normalized spacial score (nSPS) is 12.5. The monoisotopic (exact) mass is 284 g/mol. The van der Waals surface area contributed by atoms with Crippen LogP contribution in [0.4, 0.5) is 4.79 Å². The molecule has 0 aliphatic heterocycles. The summed E-state index contributed by atoms with van der Waals surface area (Å²) in [5.74, 6) is 0. The van der Waals surface area contributed by atoms with Crippen LogP contribution in [0.1, 0.15) is 32.4 Å². The Morgan fingerprint density at radius 1 is 1.58 bits per heavy atom. The third-order valence-corrected chi connectivity index (χ3v) is 2.80. The average Bonchev–Trinajstić information content (AvgIpc) is 2.79. The zero-order valence-corrected chi connectivity index (χ0v) is 11.1. The summed E-state index contributed by atoms with van der Waals surface area (Å²) in [6, 6.07) is 0. The van der Waals surface area contributed by atoms with Crippen LogP contribution in [0.5, 0.6) is 0 Å². The Morgan fingerprint density at radius 2 is 2.37 bits per heavy atom. The molecule has 0 fully saturated rings. The second kappa shape index (κ2) is 5.83. The van der Waals surface area contributed by atoms with Crippen molar-refractivity contribution < 1.29 is 9.53 Å². The van der Waals surface area contributed by atoms with Crippen LogP contribution in [-0.2, 0) is 4.74 Å². The summed E-state index contributed by atoms with van der Waals surface area (Å²) in [5.41, 5.74) is -0.666. The number of halogens is 1. The number of aromatic nitrogens is 4. The van der Waals surface area contributed by atoms with Gasteiger partial charge in [-0.05, 0) is 6.42 Å². The van der Waals surface area contributed by atoms with Gasteiger partial charge in [0.05, 0.1) is 6.33 Å². The number of carbonyl (C=O) groups is 1. The first-order valence-electron chi connectivity index (χ1n) is 5.89. The topological polar surface area (TPSA) is 89.9 Å². The molecule has 1 unspecified atom stereocenters. The maximum Gasteiger partial charge on any atom is 0.405 e. The van der Waals surface area contributed by atoms with Gasteiger partial charge in [-0.25, -0.2) is 14.8 Å². The van der Waals surface area contributed by atoms with E-state index in [-0.39, 0.29) is 11.1 Å². The fourth-order valence-corrected chi connectivity index (χ4v) is 1.92. The molecular weight excluding hydrogens is 272 g/mol. The summed E-state index contributed by atoms with van der Waals surface area (Å²) in [5, 5.41) is 0. The molecule has 2 aromatic heterocycles. The first-order chi connectivity index (χ1) is 9.13. The second-order valence-electron chi connectivity index (χ2n) is 4.01. The molecule has 2 heterocycles. The van der Waals surface area contributed by atoms with E-state index in [0.717, 1.165) is 12.8 Å². The third kappa shape index (κ3) is 2.93. The molecule has 8 heteroatoms. The van der Waals surface area contributed by atoms with Gasteiger partial charge in [0.2, 0.25) is 0 Å². The van der Waals surface area contributed by atoms with Gasteiger partial charge in [-0.3, -0.25) is 9.36 Å². The van der Waals surface area contributed by atoms with E-state index in [4.69, 9.17) is 16.3 Å². The van der Waals surface area contributed by atoms with Crippen LogP contribution < -0.4 is 5.56 Å². The highest BCUT2D eigenvalue weighted by molar-refractivity contribution is 6.61. The lowest BCUT2D eigenvalue weighted by Gasteiger charge is -2.17. The van der Waals surface area contributed by atoms with Crippen molar-refractivity contribution in [2.24, 2.45) is 0 Å². The fraction of sp³-hybridized carbons (Fsp3) is 0.455. The molecule has 0 amide bonds. The Balaban J connectivity index is 2.40. The quantitative estimate of drug-likeness (QED) is 0.850. The minimum atomic E-state index is -0.896. The molecule has 19 heavy (non-hydrogen) atoms. The van der Waals surface area contributed by atoms with E-state index in [2.05, 4.69) is 15.0 Å². The zero-order valence-electron chi connectivity index (χ0n) is 10.3. The van der Waals surface area contributed by atoms with Crippen molar-refractivity contribution in [2.45, 2.75) is 32.4 Å². The Hall–Kier alpha value is -1.89. The van der Waals surface area contributed by atoms with Gasteiger partial charge < -0.3 is 9.72 Å². The molecule has 1 N–H and O–H groups in total. The number of carbonyl (C=O) groups excluding carboxylic acids is 1. The molecule has 0 aliphatic rings. The zero-order chi connectivity index (χ0) is 13.8. The van der Waals surface area contributed by atoms with Crippen LogP contribution >= 0.6 is 11.6 Å². The minimum absolute atomic E-state index is 0.203. The lowest BCUT2D eigenvalue weighted by Crippen LogP contribution is -2.15. The molecule has 7 nitrogen and oxygen atoms in total. The van der Waals surface area contributed by atoms with Crippen LogP contribution in [0.2, 0.25) is 0 Å². The Bertz CT molecular complexity index is 636. The predicted molar refractivity (Wildman–Crippen MR) is 69.0 cm³/mol. The first-order valence-corrected chi connectivity index (χ1v) is 6.27. The highest BCUT2D eigenvalue weighted by Crippen LogP contribution is 2.21. The van der Waals surface area contributed by atoms with Gasteiger partial charge in [0.25, 0.3) is 5.56 Å². The maximum atomic E-state index is 11.5. The smallest absolute Gasteiger partial charge is 0.405 e. The van der Waals surface area contributed by atoms with Crippen molar-refractivity contribution in [1.82, 2.24) is 19.5 Å². The van der Waals surface area contributed by atoms with E-state index in [1.165, 1.54) is 12.7 Å². The molecule has 0 bridgehead atoms. The number of rotatable bonds is 5. The number of aromatic amines is 1. The van der Waals surface area contributed by atoms with Crippen LogP contribution in [0, 0.1) is 0 Å². The third-order valence-electron chi connectivity index (χ3n) is 2.71. The van der Waals surface area contributed by atoms with Crippen LogP contribution in [0.15, 0.2) is 17.4 Å². The Morgan fingerprint density at radius 3 is 3.05 bits per heavy atom. The fourth-order valence-electron chi connectivity index (χ4n) is 1.81. The van der Waals surface area contributed by atoms with Crippen molar-refractivity contribution in [3.63, 3.8) is 0 Å². The molecule has 0 radical (unpaired) electrons. The van der Waals surface area contributed by atoms with Crippen LogP contribution in [0.3, 0.4) is 0 Å². The molecule has 0 saturated heterocycles. The Labute approximate surface area is 113 Å². The Kier molecular flexibility index (Phi) is 4.16. The summed E-state index contributed by atoms with van der Waals surface area (Å²) >= 11 is 5.27. The number of nitrogens with zero attached hydrogens (tertiary/aromatic N) is 3. The first kappa shape index (κ1) is 13.5. The standard InChI is InChI=1S/C11H13ClN4O3/c1-2-3-4-7(19-11(12)18)16-6-15-8-9(16)13-5-14-10(8)17/h5-7H,2-4H2,1H3,(H,13,14,17). The van der Waals surface area contributed by atoms with E-state index in [0.29, 0.717) is 12.1 Å². The van der Waals surface area contributed by atoms with Crippen molar-refractivity contribution in [1.29, 1.82) is 0 Å². The van der Waals surface area contributed by atoms with Gasteiger partial charge in [-0.15, -0.1) is 0 Å². The number of imidazole rings is 1. The number of hydrogen-bond donors (Lipinski definition) is 1. The van der Waals surface area contributed by atoms with Crippen LogP contribution in [-0.4, -0.2) is 24.9 Å². The molecule has 102 valence electrons. The largest absolute Gasteiger partial charge is 0.429 e. The van der Waals surface area contributed by atoms with E-state index in [9.17, 15) is 9.59 Å². The maximum absolute atomic E-state index is 11.5. The molecule has 2 aromatic rings. The molecular formula is C11H13ClN4O3. The highest BCUT2D eigenvalue weighted by atomic mass is 35.5. The number of ether oxygens (including phenoxy) is 1. The van der Waals surface area contributed by atoms with E-state index in [1.54, 1.807) is 4.57 Å². The van der Waals surface area contributed by atoms with Crippen molar-refractivity contribution >= 4 is 28.2 Å². The van der Waals surface area contributed by atoms with Crippen molar-refractivity contribution in [2.75, 3.05) is 0 Å². The molecule has 0 aliphatic carbocycles. The lowest BCUT2D eigenvalue weighted by molar-refractivity contribution is 0.0692. The molecule has 0 spiro atoms. The van der Waals surface area contributed by atoms with Crippen LogP contribution in [0.25, 0.3) is 11.2 Å². The predicted octanol–water partition coefficient (Wildman–Crippen LogP) is 2.18. The molecule has 0 saturated carbocycles. The SMILES string of the molecule is CCCCC(OC(=O)Cl)n1cnc2c(=O)[nH]cnc21. The van der Waals surface area contributed by atoms with Gasteiger partial charge in [-0.2, -0.15) is 0 Å². The number of H-pyrrole nitrogens is 1. The van der Waals surface area contributed by atoms with Gasteiger partial charge in [0.15, 0.2) is 17.4 Å². The molecule has 1 atom stereocenters. The number of hydrogen-bond acceptors (Lipinski definition) is 5. The van der Waals surface area contributed by atoms with Gasteiger partial charge in [0, 0.05) is 18.0 Å². The minimum Gasteiger partial charge on any atom is -0.429 e. The van der Waals surface area contributed by atoms with Gasteiger partial charge >= 0.3 is 5.43 Å². The molecule has 2 rings (SSSR count). The van der Waals surface area contributed by atoms with Crippen molar-refractivity contribution in [3.05, 3.63) is 23.0 Å². The summed E-state index contributed by atoms with van der Waals surface area (Å²) in [4.78, 5) is 32.9. The number of fused-ring (bicyclic) bond motifs is 1. The lowest BCUT2D eigenvalue weighted by atomic mass is 10.2.